The Kier molecular flexibility index (Phi) is 4.42. The fraction of sp³-hybridized carbons (Fsp3) is 0.267. The first-order valence-corrected chi connectivity index (χ1v) is 8.01. The van der Waals surface area contributed by atoms with E-state index in [0.29, 0.717) is 12.2 Å². The Hall–Kier alpha value is -2.61. The van der Waals surface area contributed by atoms with Gasteiger partial charge >= 0.3 is 0 Å². The summed E-state index contributed by atoms with van der Waals surface area (Å²) in [7, 11) is 0. The first-order chi connectivity index (χ1) is 11.1. The maximum atomic E-state index is 12.3. The van der Waals surface area contributed by atoms with E-state index in [4.69, 9.17) is 0 Å². The average Bonchev–Trinajstić information content (AvgIpc) is 3.21. The zero-order valence-corrected chi connectivity index (χ0v) is 13.6. The lowest BCUT2D eigenvalue weighted by Crippen LogP contribution is -2.22. The lowest BCUT2D eigenvalue weighted by atomic mass is 9.99. The molecule has 1 amide bonds. The SMILES string of the molecule is Cc1nscc1NC(=O)C(C)Cc1ccc(-c2nn[nH]n2)cc1. The smallest absolute Gasteiger partial charge is 0.227 e. The number of hydrogen-bond acceptors (Lipinski definition) is 6. The van der Waals surface area contributed by atoms with Gasteiger partial charge in [0.1, 0.15) is 0 Å². The molecule has 2 N–H and O–H groups in total. The third-order valence-corrected chi connectivity index (χ3v) is 4.28. The van der Waals surface area contributed by atoms with Crippen molar-refractivity contribution in [3.63, 3.8) is 0 Å². The van der Waals surface area contributed by atoms with E-state index in [1.54, 1.807) is 0 Å². The van der Waals surface area contributed by atoms with Gasteiger partial charge in [0.2, 0.25) is 11.7 Å². The number of nitrogens with zero attached hydrogens (tertiary/aromatic N) is 4. The molecule has 1 aromatic carbocycles. The Morgan fingerprint density at radius 1 is 1.35 bits per heavy atom. The van der Waals surface area contributed by atoms with Crippen LogP contribution in [0.15, 0.2) is 29.6 Å². The van der Waals surface area contributed by atoms with Crippen molar-refractivity contribution < 1.29 is 4.79 Å². The molecule has 8 heteroatoms. The van der Waals surface area contributed by atoms with Gasteiger partial charge < -0.3 is 5.32 Å². The fourth-order valence-electron chi connectivity index (χ4n) is 2.19. The standard InChI is InChI=1S/C15H16N6OS/c1-9(15(22)16-13-8-23-19-10(13)2)7-11-3-5-12(6-4-11)14-17-20-21-18-14/h3-6,8-9H,7H2,1-2H3,(H,16,22)(H,17,18,20,21). The van der Waals surface area contributed by atoms with Crippen molar-refractivity contribution in [1.82, 2.24) is 25.0 Å². The number of nitrogens with one attached hydrogen (secondary N) is 2. The third-order valence-electron chi connectivity index (χ3n) is 3.55. The number of rotatable bonds is 5. The number of aryl methyl sites for hydroxylation is 1. The number of carbonyl (C=O) groups is 1. The van der Waals surface area contributed by atoms with E-state index in [1.165, 1.54) is 11.5 Å². The van der Waals surface area contributed by atoms with E-state index in [9.17, 15) is 4.79 Å². The zero-order valence-electron chi connectivity index (χ0n) is 12.8. The molecular formula is C15H16N6OS. The van der Waals surface area contributed by atoms with E-state index >= 15 is 0 Å². The molecule has 1 atom stereocenters. The van der Waals surface area contributed by atoms with Crippen LogP contribution in [0.5, 0.6) is 0 Å². The van der Waals surface area contributed by atoms with Crippen LogP contribution in [0.3, 0.4) is 0 Å². The van der Waals surface area contributed by atoms with Crippen molar-refractivity contribution >= 4 is 23.1 Å². The highest BCUT2D eigenvalue weighted by molar-refractivity contribution is 7.04. The highest BCUT2D eigenvalue weighted by atomic mass is 32.1. The Morgan fingerprint density at radius 3 is 2.74 bits per heavy atom. The van der Waals surface area contributed by atoms with Gasteiger partial charge in [0.15, 0.2) is 0 Å². The molecule has 3 rings (SSSR count). The lowest BCUT2D eigenvalue weighted by Gasteiger charge is -2.12. The summed E-state index contributed by atoms with van der Waals surface area (Å²) in [4.78, 5) is 12.3. The van der Waals surface area contributed by atoms with Crippen molar-refractivity contribution in [1.29, 1.82) is 0 Å². The number of anilines is 1. The molecule has 0 radical (unpaired) electrons. The number of carbonyl (C=O) groups excluding carboxylic acids is 1. The lowest BCUT2D eigenvalue weighted by molar-refractivity contribution is -0.119. The fourth-order valence-corrected chi connectivity index (χ4v) is 2.83. The van der Waals surface area contributed by atoms with E-state index < -0.39 is 0 Å². The predicted octanol–water partition coefficient (Wildman–Crippen LogP) is 2.45. The number of hydrogen-bond donors (Lipinski definition) is 2. The summed E-state index contributed by atoms with van der Waals surface area (Å²) >= 11 is 1.34. The van der Waals surface area contributed by atoms with Gasteiger partial charge in [0.05, 0.1) is 11.4 Å². The van der Waals surface area contributed by atoms with Crippen LogP contribution in [0, 0.1) is 12.8 Å². The van der Waals surface area contributed by atoms with Gasteiger partial charge in [-0.05, 0) is 35.7 Å². The van der Waals surface area contributed by atoms with Crippen LogP contribution < -0.4 is 5.32 Å². The number of benzene rings is 1. The van der Waals surface area contributed by atoms with Crippen LogP contribution in [-0.2, 0) is 11.2 Å². The molecule has 0 spiro atoms. The molecule has 7 nitrogen and oxygen atoms in total. The number of tetrazole rings is 1. The molecule has 0 bridgehead atoms. The first kappa shape index (κ1) is 15.3. The largest absolute Gasteiger partial charge is 0.324 e. The molecule has 23 heavy (non-hydrogen) atoms. The molecule has 2 aromatic heterocycles. The van der Waals surface area contributed by atoms with Crippen LogP contribution >= 0.6 is 11.5 Å². The van der Waals surface area contributed by atoms with Crippen molar-refractivity contribution in [2.45, 2.75) is 20.3 Å². The molecule has 0 aliphatic carbocycles. The number of aromatic amines is 1. The van der Waals surface area contributed by atoms with Crippen molar-refractivity contribution in [2.75, 3.05) is 5.32 Å². The summed E-state index contributed by atoms with van der Waals surface area (Å²) in [5, 5.41) is 18.6. The van der Waals surface area contributed by atoms with Gasteiger partial charge in [-0.15, -0.1) is 10.2 Å². The predicted molar refractivity (Wildman–Crippen MR) is 88.0 cm³/mol. The summed E-state index contributed by atoms with van der Waals surface area (Å²) in [6, 6.07) is 7.81. The highest BCUT2D eigenvalue weighted by Gasteiger charge is 2.15. The second-order valence-corrected chi connectivity index (χ2v) is 5.97. The Morgan fingerprint density at radius 2 is 2.13 bits per heavy atom. The van der Waals surface area contributed by atoms with Gasteiger partial charge in [-0.2, -0.15) is 9.59 Å². The van der Waals surface area contributed by atoms with Crippen LogP contribution in [0.25, 0.3) is 11.4 Å². The molecule has 0 saturated carbocycles. The third kappa shape index (κ3) is 3.59. The second-order valence-electron chi connectivity index (χ2n) is 5.34. The molecule has 0 aliphatic rings. The number of H-pyrrole nitrogens is 1. The van der Waals surface area contributed by atoms with Gasteiger partial charge in [0, 0.05) is 16.9 Å². The van der Waals surface area contributed by atoms with Crippen LogP contribution in [0.4, 0.5) is 5.69 Å². The summed E-state index contributed by atoms with van der Waals surface area (Å²) in [6.07, 6.45) is 0.662. The molecule has 2 heterocycles. The van der Waals surface area contributed by atoms with Crippen LogP contribution in [-0.4, -0.2) is 30.9 Å². The minimum atomic E-state index is -0.134. The van der Waals surface area contributed by atoms with Crippen LogP contribution in [0.1, 0.15) is 18.2 Å². The van der Waals surface area contributed by atoms with E-state index in [0.717, 1.165) is 22.5 Å². The van der Waals surface area contributed by atoms with Crippen molar-refractivity contribution in [3.8, 4) is 11.4 Å². The summed E-state index contributed by atoms with van der Waals surface area (Å²) in [5.74, 6) is 0.420. The molecule has 118 valence electrons. The Balaban J connectivity index is 1.62. The number of aromatic nitrogens is 5. The average molecular weight is 328 g/mol. The normalized spacial score (nSPS) is 12.1. The molecular weight excluding hydrogens is 312 g/mol. The van der Waals surface area contributed by atoms with Gasteiger partial charge in [-0.3, -0.25) is 4.79 Å². The van der Waals surface area contributed by atoms with Gasteiger partial charge in [-0.25, -0.2) is 0 Å². The van der Waals surface area contributed by atoms with Gasteiger partial charge in [0.25, 0.3) is 0 Å². The van der Waals surface area contributed by atoms with Crippen LogP contribution in [0.2, 0.25) is 0 Å². The van der Waals surface area contributed by atoms with Crippen molar-refractivity contribution in [3.05, 3.63) is 40.9 Å². The topological polar surface area (TPSA) is 96.5 Å². The second kappa shape index (κ2) is 6.66. The minimum absolute atomic E-state index is 0.00413. The van der Waals surface area contributed by atoms with E-state index in [2.05, 4.69) is 30.3 Å². The Labute approximate surface area is 137 Å². The van der Waals surface area contributed by atoms with Crippen molar-refractivity contribution in [2.24, 2.45) is 5.92 Å². The maximum Gasteiger partial charge on any atom is 0.227 e. The Bertz CT molecular complexity index is 781. The molecule has 0 fully saturated rings. The van der Waals surface area contributed by atoms with E-state index in [1.807, 2.05) is 43.5 Å². The summed E-state index contributed by atoms with van der Waals surface area (Å²) in [6.45, 7) is 3.80. The quantitative estimate of drug-likeness (QED) is 0.750. The molecule has 3 aromatic rings. The number of amides is 1. The summed E-state index contributed by atoms with van der Waals surface area (Å²) in [5.41, 5.74) is 3.61. The highest BCUT2D eigenvalue weighted by Crippen LogP contribution is 2.19. The maximum absolute atomic E-state index is 12.3. The molecule has 0 aliphatic heterocycles. The monoisotopic (exact) mass is 328 g/mol. The van der Waals surface area contributed by atoms with Gasteiger partial charge in [-0.1, -0.05) is 31.2 Å². The zero-order chi connectivity index (χ0) is 16.2. The first-order valence-electron chi connectivity index (χ1n) is 7.18. The minimum Gasteiger partial charge on any atom is -0.324 e. The van der Waals surface area contributed by atoms with E-state index in [-0.39, 0.29) is 11.8 Å². The summed E-state index contributed by atoms with van der Waals surface area (Å²) < 4.78 is 4.15. The molecule has 1 unspecified atom stereocenters. The molecule has 0 saturated heterocycles.